The van der Waals surface area contributed by atoms with Crippen molar-refractivity contribution in [1.29, 1.82) is 0 Å². The number of hydrogen-bond donors (Lipinski definition) is 5. The Hall–Kier alpha value is -5.27. The molecule has 14 heteroatoms. The fraction of sp³-hybridized carbons (Fsp3) is 0.353. The van der Waals surface area contributed by atoms with Gasteiger partial charge in [-0.1, -0.05) is 66.7 Å². The highest BCUT2D eigenvalue weighted by Gasteiger charge is 2.29. The monoisotopic (exact) mass is 672 g/mol. The number of nitrogens with one attached hydrogen (secondary N) is 4. The number of carbonyl (C=O) groups excluding carboxylic acids is 3. The lowest BCUT2D eigenvalue weighted by molar-refractivity contribution is -0.153. The lowest BCUT2D eigenvalue weighted by Gasteiger charge is -2.23. The van der Waals surface area contributed by atoms with Crippen LogP contribution in [-0.2, 0) is 40.3 Å². The Balaban J connectivity index is 1.65. The number of ether oxygens (including phenoxy) is 2. The molecule has 4 amide bonds. The summed E-state index contributed by atoms with van der Waals surface area (Å²) in [5, 5.41) is 19.7. The number of benzene rings is 3. The highest BCUT2D eigenvalue weighted by Crippen LogP contribution is 2.19. The van der Waals surface area contributed by atoms with Crippen LogP contribution in [0.1, 0.15) is 43.0 Å². The molecule has 3 rings (SSSR count). The van der Waals surface area contributed by atoms with E-state index >= 15 is 0 Å². The lowest BCUT2D eigenvalue weighted by atomic mass is 10.0. The van der Waals surface area contributed by atoms with Crippen molar-refractivity contribution in [2.45, 2.75) is 70.6 Å². The molecule has 48 heavy (non-hydrogen) atoms. The number of halogens is 3. The molecule has 0 saturated carbocycles. The maximum atomic E-state index is 13.4. The zero-order valence-electron chi connectivity index (χ0n) is 26.7. The highest BCUT2D eigenvalue weighted by atomic mass is 19.4. The Morgan fingerprint density at radius 2 is 1.19 bits per heavy atom. The van der Waals surface area contributed by atoms with E-state index in [2.05, 4.69) is 21.3 Å². The first kappa shape index (κ1) is 37.2. The Bertz CT molecular complexity index is 1510. The quantitative estimate of drug-likeness (QED) is 0.164. The molecular weight excluding hydrogens is 633 g/mol. The minimum atomic E-state index is -4.51. The molecular formula is C34H39F3N4O7. The number of amides is 4. The van der Waals surface area contributed by atoms with Crippen molar-refractivity contribution in [3.8, 4) is 5.75 Å². The predicted molar refractivity (Wildman–Crippen MR) is 170 cm³/mol. The summed E-state index contributed by atoms with van der Waals surface area (Å²) in [7, 11) is 0. The summed E-state index contributed by atoms with van der Waals surface area (Å²) in [6.07, 6.45) is -6.57. The highest BCUT2D eigenvalue weighted by molar-refractivity contribution is 5.91. The fourth-order valence-electron chi connectivity index (χ4n) is 4.39. The minimum absolute atomic E-state index is 0.0463. The molecule has 5 N–H and O–H groups in total. The van der Waals surface area contributed by atoms with Gasteiger partial charge in [0.1, 0.15) is 23.4 Å². The number of carbonyl (C=O) groups is 4. The second-order valence-corrected chi connectivity index (χ2v) is 11.9. The van der Waals surface area contributed by atoms with Crippen LogP contribution in [0, 0.1) is 0 Å². The number of hydrogen-bond acceptors (Lipinski definition) is 6. The van der Waals surface area contributed by atoms with Crippen molar-refractivity contribution in [3.05, 3.63) is 101 Å². The van der Waals surface area contributed by atoms with Crippen LogP contribution in [0.15, 0.2) is 78.9 Å². The number of alkyl carbamates (subject to hydrolysis) is 1. The molecule has 3 aromatic rings. The van der Waals surface area contributed by atoms with Gasteiger partial charge in [-0.15, -0.1) is 0 Å². The third-order valence-electron chi connectivity index (χ3n) is 6.62. The first-order chi connectivity index (χ1) is 22.6. The Morgan fingerprint density at radius 3 is 1.71 bits per heavy atom. The Labute approximate surface area is 276 Å². The molecule has 0 spiro atoms. The predicted octanol–water partition coefficient (Wildman–Crippen LogP) is 4.88. The zero-order chi connectivity index (χ0) is 35.3. The summed E-state index contributed by atoms with van der Waals surface area (Å²) < 4.78 is 47.3. The smallest absolute Gasteiger partial charge is 0.422 e. The van der Waals surface area contributed by atoms with Crippen molar-refractivity contribution < 1.29 is 46.9 Å². The molecule has 0 saturated heterocycles. The van der Waals surface area contributed by atoms with Crippen LogP contribution in [0.3, 0.4) is 0 Å². The number of carboxylic acid groups (broad SMARTS) is 1. The van der Waals surface area contributed by atoms with E-state index in [1.54, 1.807) is 75.4 Å². The molecule has 258 valence electrons. The first-order valence-corrected chi connectivity index (χ1v) is 15.0. The van der Waals surface area contributed by atoms with Gasteiger partial charge in [0.15, 0.2) is 6.61 Å². The fourth-order valence-corrected chi connectivity index (χ4v) is 4.39. The molecule has 0 radical (unpaired) electrons. The van der Waals surface area contributed by atoms with Crippen LogP contribution in [0.2, 0.25) is 0 Å². The van der Waals surface area contributed by atoms with Crippen molar-refractivity contribution in [1.82, 2.24) is 21.3 Å². The maximum absolute atomic E-state index is 13.4. The third-order valence-corrected chi connectivity index (χ3v) is 6.62. The normalized spacial score (nSPS) is 12.6. The van der Waals surface area contributed by atoms with Crippen LogP contribution < -0.4 is 26.0 Å². The van der Waals surface area contributed by atoms with Crippen molar-refractivity contribution >= 4 is 24.0 Å². The molecule has 11 nitrogen and oxygen atoms in total. The van der Waals surface area contributed by atoms with E-state index in [4.69, 9.17) is 9.47 Å². The standard InChI is InChI=1S/C34H39F3N4O7/c1-33(2,3)48-32(46)39-20-25-11-9-24(10-12-25)19-38-29(42)27(17-22-7-5-4-6-8-22)40-30(43)28(41-31(44)45)18-23-13-15-26(16-14-23)47-21-34(35,36)37/h4-16,27-28,41H,17-21H2,1-3H3,(H,38,42)(H,39,46)(H,40,43)(H,44,45)/t27-,28?/m0/s1. The molecule has 0 heterocycles. The van der Waals surface area contributed by atoms with Gasteiger partial charge in [-0.3, -0.25) is 9.59 Å². The molecule has 3 aromatic carbocycles. The third kappa shape index (κ3) is 14.0. The number of alkyl halides is 3. The van der Waals surface area contributed by atoms with Crippen LogP contribution >= 0.6 is 0 Å². The molecule has 2 atom stereocenters. The molecule has 0 bridgehead atoms. The summed E-state index contributed by atoms with van der Waals surface area (Å²) in [6, 6.07) is 19.1. The SMILES string of the molecule is CC(C)(C)OC(=O)NCc1ccc(CNC(=O)[C@H](Cc2ccccc2)NC(=O)C(Cc2ccc(OCC(F)(F)F)cc2)NC(=O)O)cc1. The molecule has 0 fully saturated rings. The van der Waals surface area contributed by atoms with E-state index in [1.165, 1.54) is 24.3 Å². The van der Waals surface area contributed by atoms with E-state index in [-0.39, 0.29) is 31.7 Å². The average molecular weight is 673 g/mol. The van der Waals surface area contributed by atoms with E-state index in [0.29, 0.717) is 5.56 Å². The van der Waals surface area contributed by atoms with Gasteiger partial charge in [0.05, 0.1) is 0 Å². The van der Waals surface area contributed by atoms with Gasteiger partial charge >= 0.3 is 18.4 Å². The maximum Gasteiger partial charge on any atom is 0.422 e. The summed E-state index contributed by atoms with van der Waals surface area (Å²) in [5.41, 5.74) is 2.13. The van der Waals surface area contributed by atoms with Gasteiger partial charge in [0.2, 0.25) is 11.8 Å². The van der Waals surface area contributed by atoms with E-state index < -0.39 is 54.5 Å². The Morgan fingerprint density at radius 1 is 0.688 bits per heavy atom. The summed E-state index contributed by atoms with van der Waals surface area (Å²) >= 11 is 0. The Kier molecular flexibility index (Phi) is 13.2. The first-order valence-electron chi connectivity index (χ1n) is 15.0. The summed E-state index contributed by atoms with van der Waals surface area (Å²) in [4.78, 5) is 50.2. The van der Waals surface area contributed by atoms with E-state index in [1.807, 2.05) is 0 Å². The van der Waals surface area contributed by atoms with Crippen molar-refractivity contribution in [2.24, 2.45) is 0 Å². The second kappa shape index (κ2) is 17.0. The molecule has 0 aliphatic rings. The second-order valence-electron chi connectivity index (χ2n) is 11.9. The number of rotatable bonds is 14. The molecule has 1 unspecified atom stereocenters. The largest absolute Gasteiger partial charge is 0.484 e. The molecule has 0 aliphatic carbocycles. The van der Waals surface area contributed by atoms with Crippen LogP contribution in [-0.4, -0.2) is 59.6 Å². The minimum Gasteiger partial charge on any atom is -0.484 e. The van der Waals surface area contributed by atoms with Gasteiger partial charge < -0.3 is 35.8 Å². The van der Waals surface area contributed by atoms with Crippen LogP contribution in [0.25, 0.3) is 0 Å². The molecule has 0 aliphatic heterocycles. The molecule has 0 aromatic heterocycles. The topological polar surface area (TPSA) is 155 Å². The van der Waals surface area contributed by atoms with E-state index in [9.17, 15) is 37.5 Å². The lowest BCUT2D eigenvalue weighted by Crippen LogP contribution is -2.54. The van der Waals surface area contributed by atoms with Gasteiger partial charge in [0, 0.05) is 25.9 Å². The zero-order valence-corrected chi connectivity index (χ0v) is 26.7. The van der Waals surface area contributed by atoms with Crippen molar-refractivity contribution in [2.75, 3.05) is 6.61 Å². The van der Waals surface area contributed by atoms with Gasteiger partial charge in [-0.2, -0.15) is 13.2 Å². The van der Waals surface area contributed by atoms with Crippen molar-refractivity contribution in [3.63, 3.8) is 0 Å². The van der Waals surface area contributed by atoms with Crippen LogP contribution in [0.4, 0.5) is 22.8 Å². The van der Waals surface area contributed by atoms with Gasteiger partial charge in [-0.05, 0) is 55.2 Å². The van der Waals surface area contributed by atoms with E-state index in [0.717, 1.165) is 16.7 Å². The average Bonchev–Trinajstić information content (AvgIpc) is 3.01. The van der Waals surface area contributed by atoms with Crippen LogP contribution in [0.5, 0.6) is 5.75 Å². The summed E-state index contributed by atoms with van der Waals surface area (Å²) in [5.74, 6) is -1.33. The summed E-state index contributed by atoms with van der Waals surface area (Å²) in [6.45, 7) is 4.20. The van der Waals surface area contributed by atoms with Gasteiger partial charge in [0.25, 0.3) is 0 Å². The van der Waals surface area contributed by atoms with Gasteiger partial charge in [-0.25, -0.2) is 9.59 Å².